The summed E-state index contributed by atoms with van der Waals surface area (Å²) in [5.41, 5.74) is 0.724. The summed E-state index contributed by atoms with van der Waals surface area (Å²) in [6, 6.07) is 0. The van der Waals surface area contributed by atoms with Crippen LogP contribution < -0.4 is 16.0 Å². The Balaban J connectivity index is 0.000000184. The molecular formula is C21H46N6. The first kappa shape index (κ1) is 23.0. The lowest BCUT2D eigenvalue weighted by Gasteiger charge is -2.60. The van der Waals surface area contributed by atoms with Gasteiger partial charge in [0.15, 0.2) is 0 Å². The van der Waals surface area contributed by atoms with Crippen molar-refractivity contribution in [1.82, 2.24) is 30.7 Å². The van der Waals surface area contributed by atoms with E-state index in [4.69, 9.17) is 0 Å². The van der Waals surface area contributed by atoms with E-state index in [1.54, 1.807) is 0 Å². The lowest BCUT2D eigenvalue weighted by molar-refractivity contribution is -0.109. The fourth-order valence-electron chi connectivity index (χ4n) is 4.79. The van der Waals surface area contributed by atoms with Crippen LogP contribution in [0.15, 0.2) is 0 Å². The Morgan fingerprint density at radius 2 is 1.44 bits per heavy atom. The van der Waals surface area contributed by atoms with Crippen molar-refractivity contribution in [1.29, 1.82) is 0 Å². The third kappa shape index (κ3) is 7.95. The molecule has 0 radical (unpaired) electrons. The molecule has 27 heavy (non-hydrogen) atoms. The highest BCUT2D eigenvalue weighted by molar-refractivity contribution is 5.04. The van der Waals surface area contributed by atoms with Gasteiger partial charge in [0.05, 0.1) is 0 Å². The molecule has 6 nitrogen and oxygen atoms in total. The van der Waals surface area contributed by atoms with E-state index in [0.717, 1.165) is 17.9 Å². The van der Waals surface area contributed by atoms with Crippen molar-refractivity contribution in [2.24, 2.45) is 11.3 Å². The maximum Gasteiger partial charge on any atom is 0.0212 e. The number of rotatable bonds is 4. The fourth-order valence-corrected chi connectivity index (χ4v) is 4.79. The van der Waals surface area contributed by atoms with Gasteiger partial charge < -0.3 is 30.7 Å². The Hall–Kier alpha value is -0.240. The average molecular weight is 383 g/mol. The summed E-state index contributed by atoms with van der Waals surface area (Å²) in [5.74, 6) is 0.974. The highest BCUT2D eigenvalue weighted by Gasteiger charge is 2.50. The minimum atomic E-state index is 0.724. The van der Waals surface area contributed by atoms with Gasteiger partial charge in [-0.25, -0.2) is 0 Å². The van der Waals surface area contributed by atoms with E-state index in [2.05, 4.69) is 51.5 Å². The van der Waals surface area contributed by atoms with E-state index in [1.807, 2.05) is 7.05 Å². The summed E-state index contributed by atoms with van der Waals surface area (Å²) in [7, 11) is 4.17. The highest BCUT2D eigenvalue weighted by atomic mass is 15.3. The molecular weight excluding hydrogens is 336 g/mol. The first-order chi connectivity index (χ1) is 13.1. The van der Waals surface area contributed by atoms with Crippen molar-refractivity contribution in [2.75, 3.05) is 99.2 Å². The molecule has 0 aliphatic carbocycles. The number of likely N-dealkylation sites (tertiary alicyclic amines) is 2. The summed E-state index contributed by atoms with van der Waals surface area (Å²) in [6.07, 6.45) is 2.78. The molecule has 0 amide bonds. The Morgan fingerprint density at radius 1 is 0.889 bits per heavy atom. The third-order valence-corrected chi connectivity index (χ3v) is 6.31. The number of piperazine rings is 1. The van der Waals surface area contributed by atoms with Gasteiger partial charge in [-0.1, -0.05) is 13.8 Å². The normalized spacial score (nSPS) is 26.2. The van der Waals surface area contributed by atoms with E-state index in [1.165, 1.54) is 91.4 Å². The summed E-state index contributed by atoms with van der Waals surface area (Å²) >= 11 is 0. The van der Waals surface area contributed by atoms with E-state index < -0.39 is 0 Å². The lowest BCUT2D eigenvalue weighted by Crippen LogP contribution is -2.71. The third-order valence-electron chi connectivity index (χ3n) is 6.31. The Labute approximate surface area is 168 Å². The van der Waals surface area contributed by atoms with Gasteiger partial charge in [-0.05, 0) is 59.0 Å². The highest BCUT2D eigenvalue weighted by Crippen LogP contribution is 2.39. The van der Waals surface area contributed by atoms with E-state index >= 15 is 0 Å². The molecule has 0 aromatic heterocycles. The zero-order valence-corrected chi connectivity index (χ0v) is 18.5. The van der Waals surface area contributed by atoms with Crippen molar-refractivity contribution in [2.45, 2.75) is 26.7 Å². The van der Waals surface area contributed by atoms with Crippen LogP contribution in [-0.2, 0) is 0 Å². The summed E-state index contributed by atoms with van der Waals surface area (Å²) in [5, 5.41) is 9.68. The SMILES string of the molecule is CCN1CCNCC1.CCNC.CN1CC2(C1)CN(CC1CCNCC1)C2. The van der Waals surface area contributed by atoms with Gasteiger partial charge in [0, 0.05) is 64.3 Å². The van der Waals surface area contributed by atoms with Crippen molar-refractivity contribution >= 4 is 0 Å². The molecule has 1 spiro atoms. The molecule has 4 saturated heterocycles. The van der Waals surface area contributed by atoms with Crippen LogP contribution in [0, 0.1) is 11.3 Å². The van der Waals surface area contributed by atoms with Crippen LogP contribution in [0.1, 0.15) is 26.7 Å². The maximum absolute atomic E-state index is 3.44. The molecule has 0 aromatic rings. The van der Waals surface area contributed by atoms with Gasteiger partial charge in [-0.2, -0.15) is 0 Å². The van der Waals surface area contributed by atoms with Crippen LogP contribution >= 0.6 is 0 Å². The molecule has 6 heteroatoms. The second-order valence-corrected chi connectivity index (χ2v) is 8.93. The number of nitrogens with zero attached hydrogens (tertiary/aromatic N) is 3. The molecule has 0 unspecified atom stereocenters. The molecule has 4 fully saturated rings. The Bertz CT molecular complexity index is 363. The van der Waals surface area contributed by atoms with Crippen molar-refractivity contribution in [3.8, 4) is 0 Å². The predicted octanol–water partition coefficient (Wildman–Crippen LogP) is 0.371. The number of likely N-dealkylation sites (N-methyl/N-ethyl adjacent to an activating group) is 1. The van der Waals surface area contributed by atoms with Crippen LogP contribution in [0.5, 0.6) is 0 Å². The molecule has 0 bridgehead atoms. The fraction of sp³-hybridized carbons (Fsp3) is 1.00. The van der Waals surface area contributed by atoms with Gasteiger partial charge in [-0.3, -0.25) is 0 Å². The van der Waals surface area contributed by atoms with Crippen LogP contribution in [0.3, 0.4) is 0 Å². The molecule has 4 heterocycles. The van der Waals surface area contributed by atoms with E-state index in [9.17, 15) is 0 Å². The second-order valence-electron chi connectivity index (χ2n) is 8.93. The first-order valence-corrected chi connectivity index (χ1v) is 11.3. The van der Waals surface area contributed by atoms with Crippen LogP contribution in [0.4, 0.5) is 0 Å². The first-order valence-electron chi connectivity index (χ1n) is 11.3. The number of hydrogen-bond donors (Lipinski definition) is 3. The lowest BCUT2D eigenvalue weighted by atomic mass is 9.72. The quantitative estimate of drug-likeness (QED) is 0.653. The summed E-state index contributed by atoms with van der Waals surface area (Å²) in [6.45, 7) is 20.7. The number of hydrogen-bond acceptors (Lipinski definition) is 6. The maximum atomic E-state index is 3.44. The predicted molar refractivity (Wildman–Crippen MR) is 117 cm³/mol. The van der Waals surface area contributed by atoms with Crippen LogP contribution in [0.2, 0.25) is 0 Å². The minimum absolute atomic E-state index is 0.724. The van der Waals surface area contributed by atoms with Gasteiger partial charge in [0.2, 0.25) is 0 Å². The topological polar surface area (TPSA) is 45.8 Å². The van der Waals surface area contributed by atoms with E-state index in [0.29, 0.717) is 0 Å². The monoisotopic (exact) mass is 382 g/mol. The summed E-state index contributed by atoms with van der Waals surface area (Å²) in [4.78, 5) is 7.58. The largest absolute Gasteiger partial charge is 0.320 e. The Morgan fingerprint density at radius 3 is 1.89 bits per heavy atom. The zero-order valence-electron chi connectivity index (χ0n) is 18.5. The second kappa shape index (κ2) is 12.3. The van der Waals surface area contributed by atoms with Crippen LogP contribution in [-0.4, -0.2) is 114 Å². The van der Waals surface area contributed by atoms with Crippen molar-refractivity contribution in [3.63, 3.8) is 0 Å². The molecule has 4 aliphatic rings. The van der Waals surface area contributed by atoms with Crippen molar-refractivity contribution in [3.05, 3.63) is 0 Å². The molecule has 0 saturated carbocycles. The molecule has 4 aliphatic heterocycles. The number of nitrogens with one attached hydrogen (secondary N) is 3. The van der Waals surface area contributed by atoms with E-state index in [-0.39, 0.29) is 0 Å². The molecule has 0 aromatic carbocycles. The Kier molecular flexibility index (Phi) is 10.5. The molecule has 3 N–H and O–H groups in total. The van der Waals surface area contributed by atoms with Gasteiger partial charge in [0.25, 0.3) is 0 Å². The van der Waals surface area contributed by atoms with Gasteiger partial charge >= 0.3 is 0 Å². The van der Waals surface area contributed by atoms with Gasteiger partial charge in [-0.15, -0.1) is 0 Å². The summed E-state index contributed by atoms with van der Waals surface area (Å²) < 4.78 is 0. The molecule has 0 atom stereocenters. The molecule has 160 valence electrons. The average Bonchev–Trinajstić information content (AvgIpc) is 2.67. The van der Waals surface area contributed by atoms with Crippen LogP contribution in [0.25, 0.3) is 0 Å². The standard InChI is InChI=1S/C12H23N3.C6H14N2.C3H9N/c1-14-7-12(8-14)9-15(10-12)6-11-2-4-13-5-3-11;1-2-8-5-3-7-4-6-8;1-3-4-2/h11,13H,2-10H2,1H3;7H,2-6H2,1H3;4H,3H2,1-2H3. The number of piperidine rings is 1. The molecule has 4 rings (SSSR count). The van der Waals surface area contributed by atoms with Gasteiger partial charge in [0.1, 0.15) is 0 Å². The zero-order chi connectivity index (χ0) is 19.5. The smallest absolute Gasteiger partial charge is 0.0212 e. The minimum Gasteiger partial charge on any atom is -0.320 e. The van der Waals surface area contributed by atoms with Crippen molar-refractivity contribution < 1.29 is 0 Å².